The van der Waals surface area contributed by atoms with Gasteiger partial charge in [0.15, 0.2) is 28.4 Å². The van der Waals surface area contributed by atoms with Crippen LogP contribution >= 0.6 is 36.4 Å². The number of nitrogen functional groups attached to an aromatic ring is 2. The van der Waals surface area contributed by atoms with Crippen molar-refractivity contribution in [3.63, 3.8) is 0 Å². The fourth-order valence-electron chi connectivity index (χ4n) is 2.64. The SMILES string of the molecule is Cl.Cl.N=C(N)N(CCCCc1ccc(NCC(N)=O)cc1)C(=O)c1nc(Cl)c(N)nc1N. The Hall–Kier alpha value is -3.02. The maximum Gasteiger partial charge on any atom is 0.283 e. The van der Waals surface area contributed by atoms with Crippen LogP contribution in [0.25, 0.3) is 0 Å². The predicted molar refractivity (Wildman–Crippen MR) is 130 cm³/mol. The zero-order chi connectivity index (χ0) is 22.3. The number of anilines is 3. The van der Waals surface area contributed by atoms with Crippen LogP contribution in [0.15, 0.2) is 24.3 Å². The topological polar surface area (TPSA) is 203 Å². The van der Waals surface area contributed by atoms with Crippen LogP contribution in [0, 0.1) is 5.41 Å². The predicted octanol–water partition coefficient (Wildman–Crippen LogP) is 1.39. The van der Waals surface area contributed by atoms with E-state index in [1.165, 1.54) is 0 Å². The van der Waals surface area contributed by atoms with E-state index >= 15 is 0 Å². The van der Waals surface area contributed by atoms with Crippen LogP contribution < -0.4 is 28.3 Å². The van der Waals surface area contributed by atoms with Crippen molar-refractivity contribution in [2.24, 2.45) is 11.5 Å². The fraction of sp³-hybridized carbons (Fsp3) is 0.278. The molecule has 0 aliphatic carbocycles. The van der Waals surface area contributed by atoms with Crippen LogP contribution in [0.4, 0.5) is 17.3 Å². The molecule has 10 N–H and O–H groups in total. The van der Waals surface area contributed by atoms with E-state index in [1.807, 2.05) is 24.3 Å². The van der Waals surface area contributed by atoms with E-state index in [4.69, 9.17) is 39.9 Å². The van der Waals surface area contributed by atoms with Crippen molar-refractivity contribution >= 4 is 71.5 Å². The zero-order valence-electron chi connectivity index (χ0n) is 17.0. The molecular weight excluding hydrogens is 481 g/mol. The minimum absolute atomic E-state index is 0. The Labute approximate surface area is 202 Å². The molecule has 14 heteroatoms. The van der Waals surface area contributed by atoms with Gasteiger partial charge in [-0.15, -0.1) is 24.8 Å². The molecule has 0 fully saturated rings. The van der Waals surface area contributed by atoms with Gasteiger partial charge in [-0.2, -0.15) is 0 Å². The van der Waals surface area contributed by atoms with Crippen LogP contribution in [0.1, 0.15) is 28.9 Å². The number of guanidine groups is 1. The molecule has 32 heavy (non-hydrogen) atoms. The minimum atomic E-state index is -0.667. The fourth-order valence-corrected chi connectivity index (χ4v) is 2.76. The van der Waals surface area contributed by atoms with Crippen LogP contribution in [0.5, 0.6) is 0 Å². The van der Waals surface area contributed by atoms with Gasteiger partial charge in [0.1, 0.15) is 0 Å². The van der Waals surface area contributed by atoms with Crippen molar-refractivity contribution in [1.29, 1.82) is 5.41 Å². The lowest BCUT2D eigenvalue weighted by atomic mass is 10.1. The summed E-state index contributed by atoms with van der Waals surface area (Å²) in [5.74, 6) is -1.80. The van der Waals surface area contributed by atoms with E-state index < -0.39 is 17.8 Å². The molecule has 1 aromatic heterocycles. The quantitative estimate of drug-likeness (QED) is 0.166. The monoisotopic (exact) mass is 505 g/mol. The highest BCUT2D eigenvalue weighted by atomic mass is 35.5. The van der Waals surface area contributed by atoms with Gasteiger partial charge in [0, 0.05) is 12.2 Å². The summed E-state index contributed by atoms with van der Waals surface area (Å²) in [4.78, 5) is 32.1. The molecule has 0 saturated heterocycles. The molecule has 0 atom stereocenters. The van der Waals surface area contributed by atoms with Crippen molar-refractivity contribution in [1.82, 2.24) is 14.9 Å². The van der Waals surface area contributed by atoms with E-state index in [-0.39, 0.29) is 60.4 Å². The zero-order valence-corrected chi connectivity index (χ0v) is 19.4. The first-order valence-corrected chi connectivity index (χ1v) is 9.42. The Morgan fingerprint density at radius 1 is 1.03 bits per heavy atom. The first-order chi connectivity index (χ1) is 14.2. The van der Waals surface area contributed by atoms with Gasteiger partial charge in [-0.3, -0.25) is 19.9 Å². The first-order valence-electron chi connectivity index (χ1n) is 9.04. The highest BCUT2D eigenvalue weighted by Crippen LogP contribution is 2.19. The molecule has 1 aromatic carbocycles. The molecule has 0 unspecified atom stereocenters. The molecule has 2 rings (SSSR count). The van der Waals surface area contributed by atoms with Gasteiger partial charge in [-0.25, -0.2) is 9.97 Å². The van der Waals surface area contributed by atoms with E-state index in [2.05, 4.69) is 15.3 Å². The van der Waals surface area contributed by atoms with Crippen molar-refractivity contribution in [2.75, 3.05) is 29.9 Å². The van der Waals surface area contributed by atoms with Gasteiger partial charge in [0.2, 0.25) is 5.91 Å². The van der Waals surface area contributed by atoms with E-state index in [9.17, 15) is 9.59 Å². The molecule has 1 heterocycles. The lowest BCUT2D eigenvalue weighted by Crippen LogP contribution is -2.42. The number of amides is 2. The molecular formula is C18H26Cl3N9O2. The number of carbonyl (C=O) groups excluding carboxylic acids is 2. The third-order valence-corrected chi connectivity index (χ3v) is 4.44. The van der Waals surface area contributed by atoms with Gasteiger partial charge in [-0.05, 0) is 37.0 Å². The summed E-state index contributed by atoms with van der Waals surface area (Å²) in [5.41, 5.74) is 23.6. The summed E-state index contributed by atoms with van der Waals surface area (Å²) in [6.07, 6.45) is 2.09. The Morgan fingerprint density at radius 2 is 1.66 bits per heavy atom. The third kappa shape index (κ3) is 8.25. The molecule has 0 aliphatic heterocycles. The van der Waals surface area contributed by atoms with E-state index in [1.54, 1.807) is 0 Å². The molecule has 0 saturated carbocycles. The number of hydrogen-bond donors (Lipinski definition) is 6. The molecule has 11 nitrogen and oxygen atoms in total. The van der Waals surface area contributed by atoms with Crippen LogP contribution in [0.2, 0.25) is 5.15 Å². The number of carbonyl (C=O) groups is 2. The second kappa shape index (κ2) is 13.4. The maximum atomic E-state index is 12.7. The Kier molecular flexibility index (Phi) is 12.1. The lowest BCUT2D eigenvalue weighted by Gasteiger charge is -2.20. The van der Waals surface area contributed by atoms with Crippen molar-refractivity contribution in [3.8, 4) is 0 Å². The van der Waals surface area contributed by atoms with Crippen molar-refractivity contribution < 1.29 is 9.59 Å². The standard InChI is InChI=1S/C18H24ClN9O2.2ClH/c19-14-16(22)27-15(21)13(26-14)17(30)28(18(23)24)8-2-1-3-10-4-6-11(7-5-10)25-9-12(20)29;;/h4-7,25H,1-3,8-9H2,(H2,20,29)(H3,23,24)(H4,21,22,27);2*1H. The molecule has 0 bridgehead atoms. The summed E-state index contributed by atoms with van der Waals surface area (Å²) in [5, 5.41) is 10.4. The number of nitrogens with zero attached hydrogens (tertiary/aromatic N) is 3. The van der Waals surface area contributed by atoms with Gasteiger partial charge in [0.05, 0.1) is 6.54 Å². The smallest absolute Gasteiger partial charge is 0.283 e. The molecule has 0 spiro atoms. The number of nitrogens with one attached hydrogen (secondary N) is 2. The summed E-state index contributed by atoms with van der Waals surface area (Å²) in [6, 6.07) is 7.58. The third-order valence-electron chi connectivity index (χ3n) is 4.16. The number of aryl methyl sites for hydroxylation is 1. The summed E-state index contributed by atoms with van der Waals surface area (Å²) in [7, 11) is 0. The lowest BCUT2D eigenvalue weighted by molar-refractivity contribution is -0.116. The Morgan fingerprint density at radius 3 is 2.22 bits per heavy atom. The van der Waals surface area contributed by atoms with Gasteiger partial charge >= 0.3 is 0 Å². The maximum absolute atomic E-state index is 12.7. The van der Waals surface area contributed by atoms with Gasteiger partial charge in [-0.1, -0.05) is 23.7 Å². The van der Waals surface area contributed by atoms with Gasteiger partial charge in [0.25, 0.3) is 5.91 Å². The number of unbranched alkanes of at least 4 members (excludes halogenated alkanes) is 1. The van der Waals surface area contributed by atoms with Crippen LogP contribution in [-0.2, 0) is 11.2 Å². The number of rotatable bonds is 9. The largest absolute Gasteiger partial charge is 0.382 e. The minimum Gasteiger partial charge on any atom is -0.382 e. The molecule has 0 aliphatic rings. The Balaban J connectivity index is 0.00000480. The summed E-state index contributed by atoms with van der Waals surface area (Å²) in [6.45, 7) is 0.276. The number of hydrogen-bond acceptors (Lipinski definition) is 8. The van der Waals surface area contributed by atoms with Gasteiger partial charge < -0.3 is 28.3 Å². The number of nitrogens with two attached hydrogens (primary N) is 4. The summed E-state index contributed by atoms with van der Waals surface area (Å²) < 4.78 is 0. The van der Waals surface area contributed by atoms with E-state index in [0.29, 0.717) is 6.42 Å². The number of aromatic nitrogens is 2. The molecule has 176 valence electrons. The van der Waals surface area contributed by atoms with Crippen molar-refractivity contribution in [2.45, 2.75) is 19.3 Å². The van der Waals surface area contributed by atoms with E-state index in [0.717, 1.165) is 29.0 Å². The summed E-state index contributed by atoms with van der Waals surface area (Å²) >= 11 is 5.82. The normalized spacial score (nSPS) is 9.78. The highest BCUT2D eigenvalue weighted by Gasteiger charge is 2.23. The van der Waals surface area contributed by atoms with Crippen molar-refractivity contribution in [3.05, 3.63) is 40.7 Å². The number of halogens is 3. The average Bonchev–Trinajstić information content (AvgIpc) is 2.69. The highest BCUT2D eigenvalue weighted by molar-refractivity contribution is 6.31. The molecule has 2 aromatic rings. The second-order valence-electron chi connectivity index (χ2n) is 6.45. The number of primary amides is 1. The van der Waals surface area contributed by atoms with Crippen LogP contribution in [-0.4, -0.2) is 45.7 Å². The second-order valence-corrected chi connectivity index (χ2v) is 6.81. The first kappa shape index (κ1) is 29.0. The number of benzene rings is 1. The average molecular weight is 507 g/mol. The molecule has 0 radical (unpaired) electrons. The molecule has 2 amide bonds. The Bertz CT molecular complexity index is 942. The van der Waals surface area contributed by atoms with Crippen LogP contribution in [0.3, 0.4) is 0 Å².